The molecule has 0 bridgehead atoms. The Morgan fingerprint density at radius 1 is 1.53 bits per heavy atom. The van der Waals surface area contributed by atoms with Crippen LogP contribution in [0, 0.1) is 0 Å². The summed E-state index contributed by atoms with van der Waals surface area (Å²) in [5.41, 5.74) is 0. The van der Waals surface area contributed by atoms with E-state index in [1.165, 1.54) is 0 Å². The second-order valence-electron chi connectivity index (χ2n) is 4.47. The van der Waals surface area contributed by atoms with Crippen molar-refractivity contribution in [2.24, 2.45) is 0 Å². The molecule has 1 saturated heterocycles. The highest BCUT2D eigenvalue weighted by Crippen LogP contribution is 2.07. The van der Waals surface area contributed by atoms with Gasteiger partial charge in [-0.05, 0) is 32.7 Å². The highest BCUT2D eigenvalue weighted by atomic mass is 35.5. The third-order valence-electron chi connectivity index (χ3n) is 2.98. The monoisotopic (exact) mass is 264 g/mol. The summed E-state index contributed by atoms with van der Waals surface area (Å²) in [5, 5.41) is 6.38. The van der Waals surface area contributed by atoms with E-state index < -0.39 is 0 Å². The SMILES string of the molecule is CCCCOCC(=O)NC1CCCNC1C.Cl. The molecule has 0 spiro atoms. The lowest BCUT2D eigenvalue weighted by Gasteiger charge is -2.30. The van der Waals surface area contributed by atoms with Gasteiger partial charge in [0.2, 0.25) is 5.91 Å². The number of piperidine rings is 1. The van der Waals surface area contributed by atoms with Crippen molar-refractivity contribution < 1.29 is 9.53 Å². The molecule has 0 aliphatic carbocycles. The highest BCUT2D eigenvalue weighted by Gasteiger charge is 2.21. The van der Waals surface area contributed by atoms with Crippen molar-refractivity contribution in [3.05, 3.63) is 0 Å². The van der Waals surface area contributed by atoms with Crippen LogP contribution in [0.4, 0.5) is 0 Å². The van der Waals surface area contributed by atoms with Gasteiger partial charge in [-0.15, -0.1) is 12.4 Å². The molecule has 0 aromatic carbocycles. The van der Waals surface area contributed by atoms with Gasteiger partial charge in [-0.2, -0.15) is 0 Å². The van der Waals surface area contributed by atoms with Gasteiger partial charge in [-0.1, -0.05) is 13.3 Å². The molecule has 17 heavy (non-hydrogen) atoms. The Bertz CT molecular complexity index is 215. The minimum atomic E-state index is 0. The molecular formula is C12H25ClN2O2. The van der Waals surface area contributed by atoms with Crippen molar-refractivity contribution in [2.45, 2.75) is 51.6 Å². The Morgan fingerprint density at radius 2 is 2.29 bits per heavy atom. The molecule has 5 heteroatoms. The summed E-state index contributed by atoms with van der Waals surface area (Å²) in [4.78, 5) is 11.6. The molecule has 2 atom stereocenters. The van der Waals surface area contributed by atoms with E-state index in [0.717, 1.165) is 32.2 Å². The van der Waals surface area contributed by atoms with Crippen molar-refractivity contribution in [1.29, 1.82) is 0 Å². The topological polar surface area (TPSA) is 50.4 Å². The maximum absolute atomic E-state index is 11.6. The van der Waals surface area contributed by atoms with Gasteiger partial charge in [0.1, 0.15) is 6.61 Å². The molecule has 0 aromatic heterocycles. The summed E-state index contributed by atoms with van der Waals surface area (Å²) in [5.74, 6) is 0.0108. The molecule has 0 saturated carbocycles. The van der Waals surface area contributed by atoms with Gasteiger partial charge in [0.05, 0.1) is 0 Å². The number of rotatable bonds is 6. The van der Waals surface area contributed by atoms with Crippen molar-refractivity contribution in [2.75, 3.05) is 19.8 Å². The van der Waals surface area contributed by atoms with Crippen LogP contribution in [0.3, 0.4) is 0 Å². The zero-order valence-electron chi connectivity index (χ0n) is 10.8. The zero-order chi connectivity index (χ0) is 11.8. The predicted octanol–water partition coefficient (Wildman–Crippen LogP) is 1.48. The summed E-state index contributed by atoms with van der Waals surface area (Å²) in [6.45, 7) is 6.16. The van der Waals surface area contributed by atoms with Gasteiger partial charge >= 0.3 is 0 Å². The van der Waals surface area contributed by atoms with Gasteiger partial charge in [0, 0.05) is 18.7 Å². The Morgan fingerprint density at radius 3 is 2.94 bits per heavy atom. The number of amides is 1. The molecular weight excluding hydrogens is 240 g/mol. The Hall–Kier alpha value is -0.320. The van der Waals surface area contributed by atoms with Crippen LogP contribution in [-0.4, -0.2) is 37.7 Å². The molecule has 2 unspecified atom stereocenters. The van der Waals surface area contributed by atoms with E-state index in [0.29, 0.717) is 12.6 Å². The van der Waals surface area contributed by atoms with Gasteiger partial charge in [0.15, 0.2) is 0 Å². The average Bonchev–Trinajstić information content (AvgIpc) is 2.28. The lowest BCUT2D eigenvalue weighted by atomic mass is 10.00. The molecule has 4 nitrogen and oxygen atoms in total. The van der Waals surface area contributed by atoms with Crippen LogP contribution in [0.15, 0.2) is 0 Å². The first-order valence-electron chi connectivity index (χ1n) is 6.34. The number of hydrogen-bond acceptors (Lipinski definition) is 3. The number of halogens is 1. The normalized spacial score (nSPS) is 23.9. The van der Waals surface area contributed by atoms with E-state index in [4.69, 9.17) is 4.74 Å². The fourth-order valence-corrected chi connectivity index (χ4v) is 1.90. The Balaban J connectivity index is 0.00000256. The zero-order valence-corrected chi connectivity index (χ0v) is 11.6. The van der Waals surface area contributed by atoms with E-state index in [1.54, 1.807) is 0 Å². The third-order valence-corrected chi connectivity index (χ3v) is 2.98. The molecule has 1 rings (SSSR count). The first-order chi connectivity index (χ1) is 7.74. The van der Waals surface area contributed by atoms with Crippen LogP contribution in [0.25, 0.3) is 0 Å². The van der Waals surface area contributed by atoms with E-state index >= 15 is 0 Å². The highest BCUT2D eigenvalue weighted by molar-refractivity contribution is 5.85. The number of ether oxygens (including phenoxy) is 1. The summed E-state index contributed by atoms with van der Waals surface area (Å²) in [6.07, 6.45) is 4.32. The van der Waals surface area contributed by atoms with E-state index in [9.17, 15) is 4.79 Å². The first kappa shape index (κ1) is 16.7. The fraction of sp³-hybridized carbons (Fsp3) is 0.917. The predicted molar refractivity (Wildman–Crippen MR) is 71.6 cm³/mol. The first-order valence-corrected chi connectivity index (χ1v) is 6.34. The van der Waals surface area contributed by atoms with E-state index in [2.05, 4.69) is 24.5 Å². The standard InChI is InChI=1S/C12H24N2O2.ClH/c1-3-4-8-16-9-12(15)14-11-6-5-7-13-10(11)2;/h10-11,13H,3-9H2,1-2H3,(H,14,15);1H. The van der Waals surface area contributed by atoms with Gasteiger partial charge in [-0.25, -0.2) is 0 Å². The van der Waals surface area contributed by atoms with Gasteiger partial charge in [0.25, 0.3) is 0 Å². The molecule has 1 heterocycles. The maximum atomic E-state index is 11.6. The van der Waals surface area contributed by atoms with Crippen LogP contribution in [0.1, 0.15) is 39.5 Å². The molecule has 1 aliphatic rings. The van der Waals surface area contributed by atoms with Crippen LogP contribution in [0.5, 0.6) is 0 Å². The smallest absolute Gasteiger partial charge is 0.246 e. The summed E-state index contributed by atoms with van der Waals surface area (Å²) >= 11 is 0. The second kappa shape index (κ2) is 9.68. The maximum Gasteiger partial charge on any atom is 0.246 e. The average molecular weight is 265 g/mol. The molecule has 1 amide bonds. The number of unbranched alkanes of at least 4 members (excludes halogenated alkanes) is 1. The van der Waals surface area contributed by atoms with Crippen LogP contribution in [-0.2, 0) is 9.53 Å². The van der Waals surface area contributed by atoms with Crippen LogP contribution >= 0.6 is 12.4 Å². The van der Waals surface area contributed by atoms with Crippen LogP contribution < -0.4 is 10.6 Å². The number of carbonyl (C=O) groups is 1. The number of hydrogen-bond donors (Lipinski definition) is 2. The van der Waals surface area contributed by atoms with Crippen molar-refractivity contribution in [3.63, 3.8) is 0 Å². The molecule has 2 N–H and O–H groups in total. The largest absolute Gasteiger partial charge is 0.372 e. The fourth-order valence-electron chi connectivity index (χ4n) is 1.90. The summed E-state index contributed by atoms with van der Waals surface area (Å²) in [6, 6.07) is 0.629. The number of nitrogens with one attached hydrogen (secondary N) is 2. The summed E-state index contributed by atoms with van der Waals surface area (Å²) < 4.78 is 5.28. The summed E-state index contributed by atoms with van der Waals surface area (Å²) in [7, 11) is 0. The third kappa shape index (κ3) is 6.86. The molecule has 0 radical (unpaired) electrons. The van der Waals surface area contributed by atoms with Crippen LogP contribution in [0.2, 0.25) is 0 Å². The molecule has 0 aromatic rings. The lowest BCUT2D eigenvalue weighted by Crippen LogP contribution is -2.52. The van der Waals surface area contributed by atoms with Gasteiger partial charge in [-0.3, -0.25) is 4.79 Å². The van der Waals surface area contributed by atoms with Gasteiger partial charge < -0.3 is 15.4 Å². The quantitative estimate of drug-likeness (QED) is 0.715. The molecule has 1 aliphatic heterocycles. The molecule has 102 valence electrons. The minimum absolute atomic E-state index is 0. The Labute approximate surface area is 110 Å². The van der Waals surface area contributed by atoms with E-state index in [-0.39, 0.29) is 31.0 Å². The van der Waals surface area contributed by atoms with Crippen molar-refractivity contribution >= 4 is 18.3 Å². The van der Waals surface area contributed by atoms with Crippen molar-refractivity contribution in [3.8, 4) is 0 Å². The van der Waals surface area contributed by atoms with E-state index in [1.807, 2.05) is 0 Å². The second-order valence-corrected chi connectivity index (χ2v) is 4.47. The minimum Gasteiger partial charge on any atom is -0.372 e. The lowest BCUT2D eigenvalue weighted by molar-refractivity contribution is -0.126. The Kier molecular flexibility index (Phi) is 9.50. The van der Waals surface area contributed by atoms with Crippen molar-refractivity contribution in [1.82, 2.24) is 10.6 Å². The molecule has 1 fully saturated rings. The number of carbonyl (C=O) groups excluding carboxylic acids is 1.